The molecule has 0 radical (unpaired) electrons. The van der Waals surface area contributed by atoms with E-state index in [4.69, 9.17) is 4.74 Å². The van der Waals surface area contributed by atoms with Crippen LogP contribution in [0.1, 0.15) is 48.9 Å². The molecule has 2 atom stereocenters. The molecule has 1 aromatic heterocycles. The highest BCUT2D eigenvalue weighted by molar-refractivity contribution is 7.90. The number of fused-ring (bicyclic) bond motifs is 1. The van der Waals surface area contributed by atoms with E-state index in [9.17, 15) is 18.5 Å². The van der Waals surface area contributed by atoms with Crippen molar-refractivity contribution in [3.63, 3.8) is 0 Å². The summed E-state index contributed by atoms with van der Waals surface area (Å²) in [5, 5.41) is 19.9. The number of nitriles is 1. The van der Waals surface area contributed by atoms with E-state index < -0.39 is 27.7 Å². The van der Waals surface area contributed by atoms with E-state index >= 15 is 0 Å². The molecule has 2 aliphatic rings. The summed E-state index contributed by atoms with van der Waals surface area (Å²) in [7, 11) is -0.713. The van der Waals surface area contributed by atoms with Gasteiger partial charge in [-0.3, -0.25) is 4.79 Å². The molecule has 0 saturated carbocycles. The maximum absolute atomic E-state index is 12.6. The highest BCUT2D eigenvalue weighted by Gasteiger charge is 2.31. The van der Waals surface area contributed by atoms with Crippen molar-refractivity contribution in [3.8, 4) is 16.6 Å². The number of rotatable bonds is 8. The number of benzene rings is 1. The first-order chi connectivity index (χ1) is 17.1. The predicted molar refractivity (Wildman–Crippen MR) is 138 cm³/mol. The first kappa shape index (κ1) is 26.0. The number of carbonyl (C=O) groups excluding carboxylic acids is 1. The Labute approximate surface area is 215 Å². The van der Waals surface area contributed by atoms with Gasteiger partial charge in [0.15, 0.2) is 0 Å². The van der Waals surface area contributed by atoms with Crippen LogP contribution in [-0.2, 0) is 26.0 Å². The highest BCUT2D eigenvalue weighted by atomic mass is 32.2. The maximum atomic E-state index is 12.6. The zero-order chi connectivity index (χ0) is 26.0. The molecule has 1 heterocycles. The van der Waals surface area contributed by atoms with Gasteiger partial charge >= 0.3 is 0 Å². The summed E-state index contributed by atoms with van der Waals surface area (Å²) in [6, 6.07) is 7.69. The first-order valence-electron chi connectivity index (χ1n) is 11.7. The minimum absolute atomic E-state index is 0.00265. The number of nitrogens with zero attached hydrogens (tertiary/aromatic N) is 4. The van der Waals surface area contributed by atoms with Crippen LogP contribution in [0.3, 0.4) is 0 Å². The average molecular weight is 528 g/mol. The smallest absolute Gasteiger partial charge is 0.238 e. The lowest BCUT2D eigenvalue weighted by Crippen LogP contribution is -2.37. The van der Waals surface area contributed by atoms with Crippen molar-refractivity contribution < 1.29 is 17.9 Å². The standard InChI is InChI=1S/C25H29N5O4S2/c1-15(2)34-22-11-8-16(12-17(22)13-26)24-27-28-25(35-24)20-7-5-6-19-18(20)9-10-21(19)29-36(32,33)14-23(31)30(3)4/h5-8,11,15,17,21,29H,9-10,12,14H2,1-4H3/t17?,21-/m0/s1. The fourth-order valence-corrected chi connectivity index (χ4v) is 6.61. The third-order valence-corrected chi connectivity index (χ3v) is 8.38. The molecule has 0 aliphatic heterocycles. The van der Waals surface area contributed by atoms with Gasteiger partial charge in [0.2, 0.25) is 15.9 Å². The van der Waals surface area contributed by atoms with Crippen molar-refractivity contribution in [1.29, 1.82) is 5.26 Å². The van der Waals surface area contributed by atoms with Crippen LogP contribution in [0.5, 0.6) is 0 Å². The lowest BCUT2D eigenvalue weighted by molar-refractivity contribution is -0.125. The molecule has 0 fully saturated rings. The third-order valence-electron chi connectivity index (χ3n) is 6.08. The van der Waals surface area contributed by atoms with Crippen molar-refractivity contribution in [2.45, 2.75) is 45.3 Å². The lowest BCUT2D eigenvalue weighted by Gasteiger charge is -2.21. The van der Waals surface area contributed by atoms with Crippen LogP contribution < -0.4 is 4.72 Å². The Balaban J connectivity index is 1.56. The molecule has 11 heteroatoms. The number of hydrogen-bond acceptors (Lipinski definition) is 8. The summed E-state index contributed by atoms with van der Waals surface area (Å²) in [5.74, 6) is -0.747. The molecule has 36 heavy (non-hydrogen) atoms. The summed E-state index contributed by atoms with van der Waals surface area (Å²) < 4.78 is 33.6. The highest BCUT2D eigenvalue weighted by Crippen LogP contribution is 2.41. The zero-order valence-electron chi connectivity index (χ0n) is 20.7. The van der Waals surface area contributed by atoms with Crippen LogP contribution in [0.2, 0.25) is 0 Å². The molecule has 190 valence electrons. The van der Waals surface area contributed by atoms with Crippen LogP contribution in [0.25, 0.3) is 16.1 Å². The topological polar surface area (TPSA) is 125 Å². The number of hydrogen-bond donors (Lipinski definition) is 1. The molecule has 1 aromatic carbocycles. The van der Waals surface area contributed by atoms with E-state index in [0.717, 1.165) is 32.3 Å². The number of nitrogens with one attached hydrogen (secondary N) is 1. The molecule has 0 bridgehead atoms. The van der Waals surface area contributed by atoms with Gasteiger partial charge in [0, 0.05) is 25.7 Å². The van der Waals surface area contributed by atoms with Crippen molar-refractivity contribution in [3.05, 3.63) is 52.2 Å². The molecule has 1 unspecified atom stereocenters. The Morgan fingerprint density at radius 2 is 2.03 bits per heavy atom. The van der Waals surface area contributed by atoms with Crippen LogP contribution in [0.15, 0.2) is 36.1 Å². The second kappa shape index (κ2) is 10.5. The van der Waals surface area contributed by atoms with E-state index in [1.54, 1.807) is 0 Å². The average Bonchev–Trinajstić information content (AvgIpc) is 3.46. The molecular weight excluding hydrogens is 498 g/mol. The Morgan fingerprint density at radius 1 is 1.28 bits per heavy atom. The molecule has 2 aromatic rings. The number of allylic oxidation sites excluding steroid dienone is 4. The van der Waals surface area contributed by atoms with Crippen molar-refractivity contribution in [2.75, 3.05) is 19.8 Å². The fraction of sp³-hybridized carbons (Fsp3) is 0.440. The summed E-state index contributed by atoms with van der Waals surface area (Å²) >= 11 is 1.45. The Kier molecular flexibility index (Phi) is 7.59. The van der Waals surface area contributed by atoms with Crippen LogP contribution in [0.4, 0.5) is 0 Å². The molecule has 0 saturated heterocycles. The molecule has 1 N–H and O–H groups in total. The van der Waals surface area contributed by atoms with Gasteiger partial charge in [-0.25, -0.2) is 13.1 Å². The molecule has 9 nitrogen and oxygen atoms in total. The predicted octanol–water partition coefficient (Wildman–Crippen LogP) is 3.44. The van der Waals surface area contributed by atoms with Gasteiger partial charge in [-0.1, -0.05) is 35.6 Å². The van der Waals surface area contributed by atoms with E-state index in [1.807, 2.05) is 44.2 Å². The van der Waals surface area contributed by atoms with E-state index in [0.29, 0.717) is 25.0 Å². The second-order valence-electron chi connectivity index (χ2n) is 9.36. The third kappa shape index (κ3) is 5.67. The number of aromatic nitrogens is 2. The fourth-order valence-electron chi connectivity index (χ4n) is 4.34. The number of ether oxygens (including phenoxy) is 1. The maximum Gasteiger partial charge on any atom is 0.238 e. The van der Waals surface area contributed by atoms with Gasteiger partial charge in [-0.05, 0) is 55.9 Å². The van der Waals surface area contributed by atoms with E-state index in [1.165, 1.54) is 30.3 Å². The number of sulfonamides is 1. The molecule has 4 rings (SSSR count). The quantitative estimate of drug-likeness (QED) is 0.557. The van der Waals surface area contributed by atoms with Crippen molar-refractivity contribution in [1.82, 2.24) is 19.8 Å². The lowest BCUT2D eigenvalue weighted by atomic mass is 9.94. The molecule has 1 amide bonds. The van der Waals surface area contributed by atoms with Gasteiger partial charge in [-0.15, -0.1) is 10.2 Å². The van der Waals surface area contributed by atoms with E-state index in [-0.39, 0.29) is 12.0 Å². The molecule has 2 aliphatic carbocycles. The van der Waals surface area contributed by atoms with Gasteiger partial charge in [0.25, 0.3) is 0 Å². The minimum Gasteiger partial charge on any atom is -0.494 e. The van der Waals surface area contributed by atoms with Gasteiger partial charge in [0.1, 0.15) is 27.4 Å². The van der Waals surface area contributed by atoms with Crippen molar-refractivity contribution >= 4 is 32.8 Å². The second-order valence-corrected chi connectivity index (χ2v) is 12.1. The monoisotopic (exact) mass is 527 g/mol. The number of amides is 1. The Hall–Kier alpha value is -3.07. The Bertz CT molecular complexity index is 1370. The van der Waals surface area contributed by atoms with Crippen molar-refractivity contribution in [2.24, 2.45) is 5.92 Å². The summed E-state index contributed by atoms with van der Waals surface area (Å²) in [6.07, 6.45) is 5.57. The zero-order valence-corrected chi connectivity index (χ0v) is 22.3. The van der Waals surface area contributed by atoms with Crippen LogP contribution in [0, 0.1) is 17.2 Å². The van der Waals surface area contributed by atoms with Gasteiger partial charge < -0.3 is 9.64 Å². The molecule has 0 spiro atoms. The molecular formula is C25H29N5O4S2. The summed E-state index contributed by atoms with van der Waals surface area (Å²) in [4.78, 5) is 13.2. The van der Waals surface area contributed by atoms with Gasteiger partial charge in [-0.2, -0.15) is 5.26 Å². The normalized spacial score (nSPS) is 19.3. The van der Waals surface area contributed by atoms with Gasteiger partial charge in [0.05, 0.1) is 12.2 Å². The van der Waals surface area contributed by atoms with Crippen LogP contribution in [-0.4, -0.2) is 55.4 Å². The number of carbonyl (C=O) groups is 1. The van der Waals surface area contributed by atoms with E-state index in [2.05, 4.69) is 21.0 Å². The Morgan fingerprint density at radius 3 is 2.72 bits per heavy atom. The SMILES string of the molecule is CC(C)OC1=CC=C(c2nnc(-c3cccc4c3CC[C@@H]4NS(=O)(=O)CC(=O)N(C)C)s2)CC1C#N. The minimum atomic E-state index is -3.78. The van der Waals surface area contributed by atoms with Crippen LogP contribution >= 0.6 is 11.3 Å². The summed E-state index contributed by atoms with van der Waals surface area (Å²) in [5.41, 5.74) is 3.79. The largest absolute Gasteiger partial charge is 0.494 e. The first-order valence-corrected chi connectivity index (χ1v) is 14.2. The summed E-state index contributed by atoms with van der Waals surface area (Å²) in [6.45, 7) is 3.87.